The molecule has 3 rings (SSSR count). The van der Waals surface area contributed by atoms with E-state index in [1.54, 1.807) is 12.3 Å². The van der Waals surface area contributed by atoms with Gasteiger partial charge in [-0.1, -0.05) is 50.5 Å². The number of ether oxygens (including phenoxy) is 2. The largest absolute Gasteiger partial charge is 0.490 e. The first-order chi connectivity index (χ1) is 15.9. The van der Waals surface area contributed by atoms with Crippen molar-refractivity contribution in [2.75, 3.05) is 13.2 Å². The highest BCUT2D eigenvalue weighted by atomic mass is 79.9. The normalized spacial score (nSPS) is 12.2. The van der Waals surface area contributed by atoms with Gasteiger partial charge in [-0.05, 0) is 68.5 Å². The van der Waals surface area contributed by atoms with Crippen LogP contribution in [0.3, 0.4) is 0 Å². The first kappa shape index (κ1) is 26.9. The molecule has 0 spiro atoms. The SMILES string of the molecule is CCOc1cc(C=Nn2c(C(C)C)nc3ccc(Br)cc3c2=O)c(Br)c(Br)c1OCC(C)(C)C. The van der Waals surface area contributed by atoms with Crippen LogP contribution in [0, 0.1) is 5.41 Å². The average Bonchev–Trinajstić information content (AvgIpc) is 2.75. The van der Waals surface area contributed by atoms with Gasteiger partial charge in [-0.25, -0.2) is 4.98 Å². The molecular weight excluding hydrogens is 630 g/mol. The van der Waals surface area contributed by atoms with E-state index in [1.165, 1.54) is 4.68 Å². The average molecular weight is 658 g/mol. The molecule has 0 aliphatic heterocycles. The van der Waals surface area contributed by atoms with Crippen LogP contribution in [0.5, 0.6) is 11.5 Å². The van der Waals surface area contributed by atoms with E-state index in [9.17, 15) is 4.79 Å². The number of rotatable bonds is 7. The minimum absolute atomic E-state index is 0.000216. The Bertz CT molecular complexity index is 1290. The van der Waals surface area contributed by atoms with Crippen molar-refractivity contribution in [1.82, 2.24) is 9.66 Å². The molecule has 0 saturated carbocycles. The lowest BCUT2D eigenvalue weighted by Crippen LogP contribution is -2.23. The van der Waals surface area contributed by atoms with E-state index in [0.29, 0.717) is 41.4 Å². The minimum atomic E-state index is -0.225. The zero-order valence-electron chi connectivity index (χ0n) is 20.1. The zero-order chi connectivity index (χ0) is 25.2. The maximum absolute atomic E-state index is 13.3. The Morgan fingerprint density at radius 1 is 1.12 bits per heavy atom. The molecule has 1 aromatic heterocycles. The molecule has 0 saturated heterocycles. The van der Waals surface area contributed by atoms with Crippen LogP contribution < -0.4 is 15.0 Å². The number of nitrogens with zero attached hydrogens (tertiary/aromatic N) is 3. The van der Waals surface area contributed by atoms with Crippen LogP contribution >= 0.6 is 47.8 Å². The maximum atomic E-state index is 13.3. The zero-order valence-corrected chi connectivity index (χ0v) is 24.8. The number of hydrogen-bond acceptors (Lipinski definition) is 5. The van der Waals surface area contributed by atoms with Gasteiger partial charge in [0.2, 0.25) is 0 Å². The van der Waals surface area contributed by atoms with E-state index in [-0.39, 0.29) is 16.9 Å². The third kappa shape index (κ3) is 6.10. The third-order valence-corrected chi connectivity index (χ3v) is 7.40. The first-order valence-electron chi connectivity index (χ1n) is 11.0. The van der Waals surface area contributed by atoms with Gasteiger partial charge in [0.1, 0.15) is 5.82 Å². The molecule has 34 heavy (non-hydrogen) atoms. The van der Waals surface area contributed by atoms with E-state index in [1.807, 2.05) is 39.0 Å². The fraction of sp³-hybridized carbons (Fsp3) is 0.400. The monoisotopic (exact) mass is 655 g/mol. The van der Waals surface area contributed by atoms with E-state index in [0.717, 1.165) is 19.0 Å². The Kier molecular flexibility index (Phi) is 8.63. The van der Waals surface area contributed by atoms with Gasteiger partial charge in [0, 0.05) is 20.4 Å². The smallest absolute Gasteiger partial charge is 0.282 e. The molecule has 6 nitrogen and oxygen atoms in total. The Labute approximate surface area is 225 Å². The molecule has 0 radical (unpaired) electrons. The Hall–Kier alpha value is -1.71. The summed E-state index contributed by atoms with van der Waals surface area (Å²) in [5.41, 5.74) is 1.14. The molecule has 0 unspecified atom stereocenters. The van der Waals surface area contributed by atoms with Crippen molar-refractivity contribution in [3.05, 3.63) is 59.4 Å². The topological polar surface area (TPSA) is 65.7 Å². The molecule has 2 aromatic carbocycles. The molecule has 182 valence electrons. The first-order valence-corrected chi connectivity index (χ1v) is 13.3. The van der Waals surface area contributed by atoms with Gasteiger partial charge in [-0.3, -0.25) is 4.79 Å². The van der Waals surface area contributed by atoms with Crippen molar-refractivity contribution in [2.45, 2.75) is 47.5 Å². The summed E-state index contributed by atoms with van der Waals surface area (Å²) in [6.45, 7) is 13.2. The van der Waals surface area contributed by atoms with Crippen LogP contribution in [0.15, 0.2) is 47.6 Å². The number of hydrogen-bond donors (Lipinski definition) is 0. The summed E-state index contributed by atoms with van der Waals surface area (Å²) in [4.78, 5) is 18.0. The molecule has 0 aliphatic rings. The van der Waals surface area contributed by atoms with Gasteiger partial charge in [0.25, 0.3) is 5.56 Å². The van der Waals surface area contributed by atoms with Crippen LogP contribution in [0.25, 0.3) is 10.9 Å². The van der Waals surface area contributed by atoms with Gasteiger partial charge < -0.3 is 9.47 Å². The van der Waals surface area contributed by atoms with E-state index in [4.69, 9.17) is 14.5 Å². The summed E-state index contributed by atoms with van der Waals surface area (Å²) in [5, 5.41) is 5.05. The predicted molar refractivity (Wildman–Crippen MR) is 149 cm³/mol. The second-order valence-electron chi connectivity index (χ2n) is 9.35. The second kappa shape index (κ2) is 10.9. The lowest BCUT2D eigenvalue weighted by atomic mass is 9.99. The number of halogens is 3. The molecular formula is C25H28Br3N3O3. The highest BCUT2D eigenvalue weighted by molar-refractivity contribution is 9.13. The van der Waals surface area contributed by atoms with Crippen LogP contribution in [0.2, 0.25) is 0 Å². The molecule has 0 aliphatic carbocycles. The lowest BCUT2D eigenvalue weighted by Gasteiger charge is -2.22. The van der Waals surface area contributed by atoms with Crippen molar-refractivity contribution in [1.29, 1.82) is 0 Å². The van der Waals surface area contributed by atoms with E-state index >= 15 is 0 Å². The van der Waals surface area contributed by atoms with Gasteiger partial charge in [-0.15, -0.1) is 0 Å². The quantitative estimate of drug-likeness (QED) is 0.247. The highest BCUT2D eigenvalue weighted by Gasteiger charge is 2.20. The third-order valence-electron chi connectivity index (χ3n) is 4.77. The Morgan fingerprint density at radius 2 is 1.82 bits per heavy atom. The number of benzene rings is 2. The second-order valence-corrected chi connectivity index (χ2v) is 11.9. The van der Waals surface area contributed by atoms with Gasteiger partial charge in [0.05, 0.1) is 34.8 Å². The number of aromatic nitrogens is 2. The Morgan fingerprint density at radius 3 is 2.44 bits per heavy atom. The summed E-state index contributed by atoms with van der Waals surface area (Å²) in [6, 6.07) is 7.33. The predicted octanol–water partition coefficient (Wildman–Crippen LogP) is 7.51. The van der Waals surface area contributed by atoms with Crippen molar-refractivity contribution in [3.63, 3.8) is 0 Å². The molecule has 3 aromatic rings. The van der Waals surface area contributed by atoms with Crippen LogP contribution in [-0.4, -0.2) is 29.1 Å². The van der Waals surface area contributed by atoms with Crippen LogP contribution in [0.4, 0.5) is 0 Å². The summed E-state index contributed by atoms with van der Waals surface area (Å²) in [7, 11) is 0. The standard InChI is InChI=1S/C25H28Br3N3O3/c1-7-33-19-10-15(20(27)21(28)22(19)34-13-25(4,5)6)12-29-31-23(14(2)3)30-18-9-8-16(26)11-17(18)24(31)32/h8-12,14H,7,13H2,1-6H3. The summed E-state index contributed by atoms with van der Waals surface area (Å²) < 4.78 is 15.6. The summed E-state index contributed by atoms with van der Waals surface area (Å²) in [5.74, 6) is 1.81. The van der Waals surface area contributed by atoms with Gasteiger partial charge in [0.15, 0.2) is 11.5 Å². The highest BCUT2D eigenvalue weighted by Crippen LogP contribution is 2.43. The minimum Gasteiger partial charge on any atom is -0.490 e. The Balaban J connectivity index is 2.13. The molecule has 0 atom stereocenters. The molecule has 1 heterocycles. The van der Waals surface area contributed by atoms with Crippen molar-refractivity contribution in [3.8, 4) is 11.5 Å². The molecule has 9 heteroatoms. The van der Waals surface area contributed by atoms with E-state index in [2.05, 4.69) is 73.7 Å². The van der Waals surface area contributed by atoms with Gasteiger partial charge >= 0.3 is 0 Å². The molecule has 0 amide bonds. The van der Waals surface area contributed by atoms with Crippen molar-refractivity contribution in [2.24, 2.45) is 10.5 Å². The summed E-state index contributed by atoms with van der Waals surface area (Å²) >= 11 is 10.7. The molecule has 0 fully saturated rings. The number of fused-ring (bicyclic) bond motifs is 1. The maximum Gasteiger partial charge on any atom is 0.282 e. The van der Waals surface area contributed by atoms with Crippen molar-refractivity contribution >= 4 is 64.9 Å². The molecule has 0 N–H and O–H groups in total. The fourth-order valence-electron chi connectivity index (χ4n) is 3.16. The van der Waals surface area contributed by atoms with E-state index < -0.39 is 0 Å². The van der Waals surface area contributed by atoms with Crippen LogP contribution in [0.1, 0.15) is 58.8 Å². The van der Waals surface area contributed by atoms with Gasteiger partial charge in [-0.2, -0.15) is 9.78 Å². The van der Waals surface area contributed by atoms with Crippen molar-refractivity contribution < 1.29 is 9.47 Å². The lowest BCUT2D eigenvalue weighted by molar-refractivity contribution is 0.187. The fourth-order valence-corrected chi connectivity index (χ4v) is 4.45. The summed E-state index contributed by atoms with van der Waals surface area (Å²) in [6.07, 6.45) is 1.63. The molecule has 0 bridgehead atoms. The van der Waals surface area contributed by atoms with Crippen LogP contribution in [-0.2, 0) is 0 Å².